The minimum absolute atomic E-state index is 0.0145. The lowest BCUT2D eigenvalue weighted by Gasteiger charge is -2.35. The zero-order valence-corrected chi connectivity index (χ0v) is 30.1. The van der Waals surface area contributed by atoms with Crippen LogP contribution >= 0.6 is 0 Å². The lowest BCUT2D eigenvalue weighted by Crippen LogP contribution is -2.52. The zero-order valence-electron chi connectivity index (χ0n) is 29.2. The minimum atomic E-state index is -4.21. The number of guanidine groups is 1. The molecule has 0 aliphatic carbocycles. The number of aliphatic hydroxyl groups is 1. The fraction of sp³-hybridized carbons (Fsp3) is 0.571. The molecule has 3 aliphatic rings. The maximum Gasteiger partial charge on any atom is 0.407 e. The van der Waals surface area contributed by atoms with Crippen molar-refractivity contribution in [3.63, 3.8) is 0 Å². The zero-order chi connectivity index (χ0) is 36.4. The average Bonchev–Trinajstić information content (AvgIpc) is 3.86. The summed E-state index contributed by atoms with van der Waals surface area (Å²) in [6.07, 6.45) is 1.11. The Balaban J connectivity index is 1.36. The van der Waals surface area contributed by atoms with E-state index in [1.54, 1.807) is 6.07 Å². The molecule has 278 valence electrons. The quantitative estimate of drug-likeness (QED) is 0.0857. The van der Waals surface area contributed by atoms with E-state index < -0.39 is 46.1 Å². The number of amides is 1. The van der Waals surface area contributed by atoms with Gasteiger partial charge in [0.25, 0.3) is 0 Å². The highest BCUT2D eigenvalue weighted by molar-refractivity contribution is 7.89. The van der Waals surface area contributed by atoms with E-state index in [0.717, 1.165) is 12.0 Å². The topological polar surface area (TPSA) is 193 Å². The number of sulfonamides is 1. The molecule has 0 unspecified atom stereocenters. The molecular formula is C35H48N6O9S. The van der Waals surface area contributed by atoms with Crippen molar-refractivity contribution in [3.8, 4) is 17.7 Å². The van der Waals surface area contributed by atoms with Gasteiger partial charge in [-0.1, -0.05) is 51.1 Å². The van der Waals surface area contributed by atoms with Crippen LogP contribution in [-0.2, 0) is 30.7 Å². The van der Waals surface area contributed by atoms with E-state index in [0.29, 0.717) is 50.0 Å². The van der Waals surface area contributed by atoms with Crippen LogP contribution in [0, 0.1) is 22.8 Å². The predicted octanol–water partition coefficient (Wildman–Crippen LogP) is 2.71. The van der Waals surface area contributed by atoms with E-state index in [1.165, 1.54) is 16.4 Å². The van der Waals surface area contributed by atoms with Crippen molar-refractivity contribution >= 4 is 22.1 Å². The SMILES string of the molecule is CCCN=C(NC#N)NCCC(C)(C)CN(C[C@@H](O)[C@H](Cc1ccccc1)NC(=O)O[C@H]1CO[C@H]2OCC[C@H]21)S(=O)(=O)c1ccc2c(c1)OCO2. The normalized spacial score (nSPS) is 21.1. The van der Waals surface area contributed by atoms with Crippen molar-refractivity contribution in [1.82, 2.24) is 20.3 Å². The summed E-state index contributed by atoms with van der Waals surface area (Å²) < 4.78 is 57.8. The average molecular weight is 729 g/mol. The van der Waals surface area contributed by atoms with E-state index in [9.17, 15) is 18.3 Å². The second kappa shape index (κ2) is 17.4. The standard InChI is InChI=1S/C35H48N6O9S/c1-4-14-37-33(39-22-36)38-15-13-35(2,3)21-41(51(44,45)25-10-11-29-30(18-25)49-23-48-29)19-28(42)27(17-24-8-6-5-7-9-24)40-34(43)50-31-20-47-32-26(31)12-16-46-32/h5-11,18,26-28,31-32,42H,4,12-17,19-21,23H2,1-3H3,(H,40,43)(H2,37,38,39)/t26-,27-,28+,31-,32+/m0/s1. The van der Waals surface area contributed by atoms with Crippen LogP contribution in [0.3, 0.4) is 0 Å². The summed E-state index contributed by atoms with van der Waals surface area (Å²) in [5.74, 6) is 1.02. The second-order valence-corrected chi connectivity index (χ2v) is 15.5. The number of alkyl carbamates (subject to hydrolysis) is 1. The smallest absolute Gasteiger partial charge is 0.407 e. The maximum absolute atomic E-state index is 14.4. The van der Waals surface area contributed by atoms with Gasteiger partial charge in [-0.15, -0.1) is 0 Å². The molecule has 15 nitrogen and oxygen atoms in total. The van der Waals surface area contributed by atoms with Crippen LogP contribution in [0.15, 0.2) is 58.4 Å². The predicted molar refractivity (Wildman–Crippen MR) is 186 cm³/mol. The minimum Gasteiger partial charge on any atom is -0.454 e. The molecule has 3 aliphatic heterocycles. The number of benzene rings is 2. The van der Waals surface area contributed by atoms with Gasteiger partial charge in [0.15, 0.2) is 24.0 Å². The molecule has 2 fully saturated rings. The lowest BCUT2D eigenvalue weighted by atomic mass is 9.89. The van der Waals surface area contributed by atoms with Crippen LogP contribution in [0.25, 0.3) is 0 Å². The number of carbonyl (C=O) groups is 1. The Labute approximate surface area is 299 Å². The second-order valence-electron chi connectivity index (χ2n) is 13.6. The van der Waals surface area contributed by atoms with Crippen LogP contribution in [0.5, 0.6) is 11.5 Å². The highest BCUT2D eigenvalue weighted by atomic mass is 32.2. The molecule has 0 bridgehead atoms. The van der Waals surface area contributed by atoms with Gasteiger partial charge in [-0.05, 0) is 48.8 Å². The van der Waals surface area contributed by atoms with Gasteiger partial charge in [-0.25, -0.2) is 13.2 Å². The number of carbonyl (C=O) groups excluding carboxylic acids is 1. The fourth-order valence-corrected chi connectivity index (χ4v) is 7.95. The molecule has 51 heavy (non-hydrogen) atoms. The van der Waals surface area contributed by atoms with Crippen molar-refractivity contribution in [2.24, 2.45) is 16.3 Å². The van der Waals surface area contributed by atoms with E-state index in [-0.39, 0.29) is 43.7 Å². The first-order chi connectivity index (χ1) is 24.5. The van der Waals surface area contributed by atoms with Gasteiger partial charge in [-0.3, -0.25) is 10.3 Å². The van der Waals surface area contributed by atoms with Crippen LogP contribution in [0.4, 0.5) is 4.79 Å². The molecule has 0 radical (unpaired) electrons. The highest BCUT2D eigenvalue weighted by Crippen LogP contribution is 2.36. The summed E-state index contributed by atoms with van der Waals surface area (Å²) in [5.41, 5.74) is 0.209. The maximum atomic E-state index is 14.4. The van der Waals surface area contributed by atoms with Crippen molar-refractivity contribution in [2.75, 3.05) is 46.2 Å². The van der Waals surface area contributed by atoms with Crippen molar-refractivity contribution in [2.45, 2.75) is 75.9 Å². The van der Waals surface area contributed by atoms with Gasteiger partial charge < -0.3 is 39.4 Å². The van der Waals surface area contributed by atoms with E-state index in [4.69, 9.17) is 28.9 Å². The Morgan fingerprint density at radius 1 is 1.18 bits per heavy atom. The molecule has 2 aromatic carbocycles. The summed E-state index contributed by atoms with van der Waals surface area (Å²) >= 11 is 0. The molecule has 5 atom stereocenters. The monoisotopic (exact) mass is 728 g/mol. The summed E-state index contributed by atoms with van der Waals surface area (Å²) in [7, 11) is -4.21. The van der Waals surface area contributed by atoms with Crippen LogP contribution in [-0.4, -0.2) is 101 Å². The van der Waals surface area contributed by atoms with Crippen LogP contribution in [0.2, 0.25) is 0 Å². The highest BCUT2D eigenvalue weighted by Gasteiger charge is 2.44. The number of aliphatic hydroxyl groups excluding tert-OH is 1. The van der Waals surface area contributed by atoms with Gasteiger partial charge in [0.05, 0.1) is 36.2 Å². The Hall–Kier alpha value is -4.14. The Bertz CT molecular complexity index is 1650. The third-order valence-electron chi connectivity index (χ3n) is 9.05. The molecule has 3 heterocycles. The number of nitrogens with zero attached hydrogens (tertiary/aromatic N) is 3. The molecule has 1 amide bonds. The van der Waals surface area contributed by atoms with Gasteiger partial charge in [0, 0.05) is 32.2 Å². The van der Waals surface area contributed by atoms with E-state index in [2.05, 4.69) is 20.9 Å². The summed E-state index contributed by atoms with van der Waals surface area (Å²) in [4.78, 5) is 17.6. The molecule has 5 rings (SSSR count). The van der Waals surface area contributed by atoms with Crippen LogP contribution < -0.4 is 25.4 Å². The van der Waals surface area contributed by atoms with Gasteiger partial charge in [0.2, 0.25) is 22.8 Å². The van der Waals surface area contributed by atoms with Gasteiger partial charge >= 0.3 is 6.09 Å². The number of fused-ring (bicyclic) bond motifs is 2. The van der Waals surface area contributed by atoms with Crippen molar-refractivity contribution in [3.05, 3.63) is 54.1 Å². The summed E-state index contributed by atoms with van der Waals surface area (Å²) in [5, 5.41) is 29.4. The third kappa shape index (κ3) is 10.2. The molecular weight excluding hydrogens is 680 g/mol. The number of hydrogen-bond donors (Lipinski definition) is 4. The van der Waals surface area contributed by atoms with Crippen molar-refractivity contribution in [1.29, 1.82) is 5.26 Å². The number of rotatable bonds is 16. The molecule has 0 spiro atoms. The third-order valence-corrected chi connectivity index (χ3v) is 10.9. The molecule has 4 N–H and O–H groups in total. The number of nitrogens with one attached hydrogen (secondary N) is 3. The van der Waals surface area contributed by atoms with E-state index >= 15 is 0 Å². The molecule has 2 aromatic rings. The molecule has 16 heteroatoms. The van der Waals surface area contributed by atoms with Gasteiger partial charge in [-0.2, -0.15) is 9.57 Å². The Kier molecular flexibility index (Phi) is 13.0. The first kappa shape index (κ1) is 38.1. The van der Waals surface area contributed by atoms with Crippen molar-refractivity contribution < 1.29 is 42.0 Å². The first-order valence-electron chi connectivity index (χ1n) is 17.2. The largest absolute Gasteiger partial charge is 0.454 e. The lowest BCUT2D eigenvalue weighted by molar-refractivity contribution is -0.0907. The Morgan fingerprint density at radius 2 is 1.96 bits per heavy atom. The fourth-order valence-electron chi connectivity index (χ4n) is 6.28. The van der Waals surface area contributed by atoms with E-state index in [1.807, 2.05) is 57.3 Å². The van der Waals surface area contributed by atoms with Crippen LogP contribution in [0.1, 0.15) is 45.6 Å². The summed E-state index contributed by atoms with van der Waals surface area (Å²) in [6.45, 7) is 7.14. The first-order valence-corrected chi connectivity index (χ1v) is 18.7. The number of ether oxygens (including phenoxy) is 5. The number of aliphatic imine (C=N–C) groups is 1. The molecule has 0 aromatic heterocycles. The van der Waals surface area contributed by atoms with Gasteiger partial charge in [0.1, 0.15) is 6.10 Å². The number of hydrogen-bond acceptors (Lipinski definition) is 11. The molecule has 0 saturated carbocycles. The molecule has 2 saturated heterocycles. The Morgan fingerprint density at radius 3 is 2.73 bits per heavy atom. The number of nitriles is 1. The summed E-state index contributed by atoms with van der Waals surface area (Å²) in [6, 6.07) is 12.8.